The van der Waals surface area contributed by atoms with Gasteiger partial charge in [0.2, 0.25) is 0 Å². The molecule has 12 heavy (non-hydrogen) atoms. The van der Waals surface area contributed by atoms with Crippen molar-refractivity contribution in [2.75, 3.05) is 0 Å². The van der Waals surface area contributed by atoms with Crippen LogP contribution in [-0.4, -0.2) is 11.6 Å². The van der Waals surface area contributed by atoms with Crippen LogP contribution in [0.15, 0.2) is 12.2 Å². The third-order valence-electron chi connectivity index (χ3n) is 1.02. The first kappa shape index (κ1) is 11.2. The SMILES string of the molecule is CC(C)/C=C\C(=O)OC(C)(C)C. The predicted octanol–water partition coefficient (Wildman–Crippen LogP) is 2.54. The van der Waals surface area contributed by atoms with E-state index in [0.717, 1.165) is 0 Å². The van der Waals surface area contributed by atoms with Gasteiger partial charge in [-0.05, 0) is 26.7 Å². The van der Waals surface area contributed by atoms with Gasteiger partial charge in [-0.3, -0.25) is 0 Å². The standard InChI is InChI=1S/C10H18O2/c1-8(2)6-7-9(11)12-10(3,4)5/h6-8H,1-5H3/b7-6-. The molecule has 0 heterocycles. The van der Waals surface area contributed by atoms with E-state index in [-0.39, 0.29) is 5.97 Å². The van der Waals surface area contributed by atoms with Crippen molar-refractivity contribution in [2.45, 2.75) is 40.2 Å². The Bertz CT molecular complexity index is 173. The topological polar surface area (TPSA) is 26.3 Å². The van der Waals surface area contributed by atoms with E-state index in [4.69, 9.17) is 4.74 Å². The van der Waals surface area contributed by atoms with Gasteiger partial charge in [0.05, 0.1) is 0 Å². The summed E-state index contributed by atoms with van der Waals surface area (Å²) in [5.41, 5.74) is -0.390. The molecular formula is C10H18O2. The van der Waals surface area contributed by atoms with Crippen LogP contribution in [0, 0.1) is 5.92 Å². The van der Waals surface area contributed by atoms with Gasteiger partial charge in [0.15, 0.2) is 0 Å². The normalized spacial score (nSPS) is 12.5. The van der Waals surface area contributed by atoms with Gasteiger partial charge in [-0.2, -0.15) is 0 Å². The number of hydrogen-bond donors (Lipinski definition) is 0. The third-order valence-corrected chi connectivity index (χ3v) is 1.02. The number of allylic oxidation sites excluding steroid dienone is 1. The Labute approximate surface area is 74.6 Å². The van der Waals surface area contributed by atoms with Gasteiger partial charge in [-0.15, -0.1) is 0 Å². The summed E-state index contributed by atoms with van der Waals surface area (Å²) < 4.78 is 5.06. The number of ether oxygens (including phenoxy) is 1. The minimum atomic E-state index is -0.390. The Balaban J connectivity index is 3.91. The first-order valence-corrected chi connectivity index (χ1v) is 4.22. The highest BCUT2D eigenvalue weighted by atomic mass is 16.6. The molecule has 0 amide bonds. The summed E-state index contributed by atoms with van der Waals surface area (Å²) in [7, 11) is 0. The van der Waals surface area contributed by atoms with Gasteiger partial charge in [0.1, 0.15) is 5.60 Å². The van der Waals surface area contributed by atoms with Crippen molar-refractivity contribution in [1.29, 1.82) is 0 Å². The maximum atomic E-state index is 11.1. The van der Waals surface area contributed by atoms with Crippen LogP contribution in [0.3, 0.4) is 0 Å². The summed E-state index contributed by atoms with van der Waals surface area (Å²) in [5.74, 6) is 0.119. The molecule has 0 fully saturated rings. The lowest BCUT2D eigenvalue weighted by atomic mass is 10.2. The average Bonchev–Trinajstić information content (AvgIpc) is 1.79. The summed E-state index contributed by atoms with van der Waals surface area (Å²) in [6.07, 6.45) is 3.31. The molecule has 2 heteroatoms. The average molecular weight is 170 g/mol. The molecule has 0 unspecified atom stereocenters. The van der Waals surface area contributed by atoms with Crippen molar-refractivity contribution in [2.24, 2.45) is 5.92 Å². The maximum Gasteiger partial charge on any atom is 0.330 e. The fourth-order valence-corrected chi connectivity index (χ4v) is 0.607. The molecule has 0 aliphatic carbocycles. The van der Waals surface area contributed by atoms with Crippen LogP contribution in [0.2, 0.25) is 0 Å². The van der Waals surface area contributed by atoms with Crippen LogP contribution in [0.1, 0.15) is 34.6 Å². The Morgan fingerprint density at radius 3 is 2.17 bits per heavy atom. The first-order valence-electron chi connectivity index (χ1n) is 4.22. The molecule has 0 aliphatic rings. The monoisotopic (exact) mass is 170 g/mol. The zero-order valence-corrected chi connectivity index (χ0v) is 8.55. The van der Waals surface area contributed by atoms with Crippen molar-refractivity contribution in [3.63, 3.8) is 0 Å². The quantitative estimate of drug-likeness (QED) is 0.470. The Kier molecular flexibility index (Phi) is 4.01. The molecule has 0 rings (SSSR count). The molecule has 0 saturated heterocycles. The van der Waals surface area contributed by atoms with E-state index < -0.39 is 5.60 Å². The third kappa shape index (κ3) is 7.32. The van der Waals surface area contributed by atoms with Crippen molar-refractivity contribution < 1.29 is 9.53 Å². The Morgan fingerprint density at radius 1 is 1.33 bits per heavy atom. The van der Waals surface area contributed by atoms with E-state index in [2.05, 4.69) is 0 Å². The molecule has 2 nitrogen and oxygen atoms in total. The number of carbonyl (C=O) groups is 1. The smallest absolute Gasteiger partial charge is 0.330 e. The lowest BCUT2D eigenvalue weighted by Crippen LogP contribution is -2.22. The molecule has 0 spiro atoms. The number of rotatable bonds is 2. The largest absolute Gasteiger partial charge is 0.457 e. The molecule has 0 bridgehead atoms. The molecule has 0 aromatic heterocycles. The molecule has 0 N–H and O–H groups in total. The minimum absolute atomic E-state index is 0.267. The van der Waals surface area contributed by atoms with Crippen LogP contribution in [0.25, 0.3) is 0 Å². The van der Waals surface area contributed by atoms with E-state index in [1.54, 1.807) is 0 Å². The van der Waals surface area contributed by atoms with Crippen molar-refractivity contribution in [3.05, 3.63) is 12.2 Å². The summed E-state index contributed by atoms with van der Waals surface area (Å²) in [6.45, 7) is 9.60. The minimum Gasteiger partial charge on any atom is -0.457 e. The lowest BCUT2D eigenvalue weighted by Gasteiger charge is -2.17. The second-order valence-corrected chi connectivity index (χ2v) is 4.14. The second kappa shape index (κ2) is 4.29. The molecule has 0 aromatic rings. The molecule has 0 saturated carbocycles. The summed E-state index contributed by atoms with van der Waals surface area (Å²) >= 11 is 0. The molecule has 0 atom stereocenters. The maximum absolute atomic E-state index is 11.1. The number of hydrogen-bond acceptors (Lipinski definition) is 2. The zero-order valence-electron chi connectivity index (χ0n) is 8.55. The zero-order chi connectivity index (χ0) is 9.78. The van der Waals surface area contributed by atoms with E-state index in [1.165, 1.54) is 6.08 Å². The van der Waals surface area contributed by atoms with Crippen molar-refractivity contribution >= 4 is 5.97 Å². The van der Waals surface area contributed by atoms with Gasteiger partial charge < -0.3 is 4.74 Å². The van der Waals surface area contributed by atoms with Crippen LogP contribution < -0.4 is 0 Å². The van der Waals surface area contributed by atoms with E-state index in [9.17, 15) is 4.79 Å². The highest BCUT2D eigenvalue weighted by Crippen LogP contribution is 2.07. The van der Waals surface area contributed by atoms with Gasteiger partial charge in [0.25, 0.3) is 0 Å². The highest BCUT2D eigenvalue weighted by molar-refractivity contribution is 5.82. The van der Waals surface area contributed by atoms with E-state index >= 15 is 0 Å². The fourth-order valence-electron chi connectivity index (χ4n) is 0.607. The van der Waals surface area contributed by atoms with Crippen LogP contribution in [-0.2, 0) is 9.53 Å². The van der Waals surface area contributed by atoms with E-state index in [1.807, 2.05) is 40.7 Å². The molecule has 0 radical (unpaired) electrons. The van der Waals surface area contributed by atoms with Gasteiger partial charge in [-0.1, -0.05) is 19.9 Å². The molecule has 0 aliphatic heterocycles. The van der Waals surface area contributed by atoms with Crippen molar-refractivity contribution in [1.82, 2.24) is 0 Å². The fraction of sp³-hybridized carbons (Fsp3) is 0.700. The van der Waals surface area contributed by atoms with Gasteiger partial charge in [0, 0.05) is 6.08 Å². The van der Waals surface area contributed by atoms with Crippen molar-refractivity contribution in [3.8, 4) is 0 Å². The van der Waals surface area contributed by atoms with Gasteiger partial charge >= 0.3 is 5.97 Å². The Hall–Kier alpha value is -0.790. The lowest BCUT2D eigenvalue weighted by molar-refractivity contribution is -0.148. The number of esters is 1. The Morgan fingerprint density at radius 2 is 1.83 bits per heavy atom. The summed E-state index contributed by atoms with van der Waals surface area (Å²) in [4.78, 5) is 11.1. The van der Waals surface area contributed by atoms with E-state index in [0.29, 0.717) is 5.92 Å². The predicted molar refractivity (Wildman–Crippen MR) is 49.8 cm³/mol. The molecule has 0 aromatic carbocycles. The highest BCUT2D eigenvalue weighted by Gasteiger charge is 2.13. The summed E-state index contributed by atoms with van der Waals surface area (Å²) in [5, 5.41) is 0. The van der Waals surface area contributed by atoms with Crippen LogP contribution in [0.5, 0.6) is 0 Å². The van der Waals surface area contributed by atoms with Crippen LogP contribution in [0.4, 0.5) is 0 Å². The molecule has 70 valence electrons. The summed E-state index contributed by atoms with van der Waals surface area (Å²) in [6, 6.07) is 0. The number of carbonyl (C=O) groups excluding carboxylic acids is 1. The van der Waals surface area contributed by atoms with Crippen LogP contribution >= 0.6 is 0 Å². The first-order chi connectivity index (χ1) is 5.31. The van der Waals surface area contributed by atoms with Gasteiger partial charge in [-0.25, -0.2) is 4.79 Å². The second-order valence-electron chi connectivity index (χ2n) is 4.14. The molecular weight excluding hydrogens is 152 g/mol.